The fraction of sp³-hybridized carbons (Fsp3) is 0.436. The molecule has 2 N–H and O–H groups in total. The summed E-state index contributed by atoms with van der Waals surface area (Å²) in [5.74, 6) is 2.37. The third-order valence-corrected chi connectivity index (χ3v) is 9.66. The summed E-state index contributed by atoms with van der Waals surface area (Å²) in [6.45, 7) is 13.1. The van der Waals surface area contributed by atoms with Gasteiger partial charge in [-0.05, 0) is 114 Å². The molecule has 5 heterocycles. The van der Waals surface area contributed by atoms with Crippen molar-refractivity contribution in [1.29, 1.82) is 0 Å². The first-order valence-corrected chi connectivity index (χ1v) is 17.6. The number of likely N-dealkylation sites (tertiary alicyclic amines) is 2. The lowest BCUT2D eigenvalue weighted by molar-refractivity contribution is 0.0208. The summed E-state index contributed by atoms with van der Waals surface area (Å²) in [4.78, 5) is 46.2. The van der Waals surface area contributed by atoms with Crippen molar-refractivity contribution in [2.45, 2.75) is 97.1 Å². The number of hydrogen-bond acceptors (Lipinski definition) is 7. The Kier molecular flexibility index (Phi) is 7.58. The summed E-state index contributed by atoms with van der Waals surface area (Å²) < 4.78 is 17.7. The van der Waals surface area contributed by atoms with Crippen LogP contribution < -0.4 is 4.74 Å². The standard InChI is InChI=1S/C39H44N6O5/c1-38(2,3)49-36(46)44-15-7-9-30(44)34-40-20-29(42-34)23-11-13-25-24(17-23)21-48-32-19-26-22(18-27(25)32)12-14-28-33(26)43-35(41-28)31-10-8-16-45(31)37(47)50-39(4,5)6/h11-14,17-20,30-31H,7-10,15-16,21H2,1-6H3,(H,40,42)(H,41,43)/t30-,31-/m0/s1. The molecular formula is C39H44N6O5. The van der Waals surface area contributed by atoms with Gasteiger partial charge in [-0.25, -0.2) is 19.6 Å². The highest BCUT2D eigenvalue weighted by molar-refractivity contribution is 6.07. The number of benzene rings is 3. The SMILES string of the molecule is CC(C)(C)OC(=O)N1CCC[C@H]1c1ncc(-c2ccc3c(c2)COc2cc4c(ccc5[nH]c([C@@H]6CCCN6C(=O)OC(C)(C)C)nc54)cc2-3)[nH]1. The summed E-state index contributed by atoms with van der Waals surface area (Å²) in [6.07, 6.45) is 4.72. The third kappa shape index (κ3) is 5.92. The second kappa shape index (κ2) is 11.8. The first kappa shape index (κ1) is 32.2. The second-order valence-corrected chi connectivity index (χ2v) is 15.7. The number of aromatic amines is 2. The highest BCUT2D eigenvalue weighted by atomic mass is 16.6. The van der Waals surface area contributed by atoms with E-state index in [9.17, 15) is 9.59 Å². The fourth-order valence-corrected chi connectivity index (χ4v) is 7.46. The Hall–Kier alpha value is -5.06. The average molecular weight is 677 g/mol. The number of hydrogen-bond donors (Lipinski definition) is 2. The lowest BCUT2D eigenvalue weighted by Gasteiger charge is -2.27. The van der Waals surface area contributed by atoms with Crippen molar-refractivity contribution in [2.24, 2.45) is 0 Å². The van der Waals surface area contributed by atoms with Gasteiger partial charge in [0, 0.05) is 24.0 Å². The van der Waals surface area contributed by atoms with Crippen molar-refractivity contribution in [1.82, 2.24) is 29.7 Å². The van der Waals surface area contributed by atoms with Crippen LogP contribution in [0.25, 0.3) is 44.2 Å². The molecule has 0 spiro atoms. The van der Waals surface area contributed by atoms with Crippen LogP contribution in [0.4, 0.5) is 9.59 Å². The van der Waals surface area contributed by atoms with Crippen LogP contribution in [0.1, 0.15) is 96.5 Å². The van der Waals surface area contributed by atoms with E-state index in [1.807, 2.05) is 47.7 Å². The Bertz CT molecular complexity index is 2140. The van der Waals surface area contributed by atoms with Gasteiger partial charge in [0.25, 0.3) is 0 Å². The quantitative estimate of drug-likeness (QED) is 0.196. The van der Waals surface area contributed by atoms with Gasteiger partial charge >= 0.3 is 12.2 Å². The van der Waals surface area contributed by atoms with Crippen molar-refractivity contribution in [3.63, 3.8) is 0 Å². The summed E-state index contributed by atoms with van der Waals surface area (Å²) >= 11 is 0. The van der Waals surface area contributed by atoms with Crippen LogP contribution in [-0.4, -0.2) is 66.2 Å². The van der Waals surface area contributed by atoms with Crippen molar-refractivity contribution < 1.29 is 23.8 Å². The highest BCUT2D eigenvalue weighted by Gasteiger charge is 2.36. The van der Waals surface area contributed by atoms with Crippen molar-refractivity contribution in [3.05, 3.63) is 65.9 Å². The molecule has 8 rings (SSSR count). The number of H-pyrrole nitrogens is 2. The topological polar surface area (TPSA) is 126 Å². The molecule has 11 heteroatoms. The van der Waals surface area contributed by atoms with Crippen LogP contribution in [0, 0.1) is 0 Å². The maximum Gasteiger partial charge on any atom is 0.410 e. The second-order valence-electron chi connectivity index (χ2n) is 15.7. The Morgan fingerprint density at radius 1 is 0.820 bits per heavy atom. The molecular weight excluding hydrogens is 632 g/mol. The van der Waals surface area contributed by atoms with Gasteiger partial charge in [-0.3, -0.25) is 9.80 Å². The number of nitrogens with zero attached hydrogens (tertiary/aromatic N) is 4. The molecule has 0 aliphatic carbocycles. The van der Waals surface area contributed by atoms with E-state index < -0.39 is 11.2 Å². The first-order valence-electron chi connectivity index (χ1n) is 17.6. The normalized spacial score (nSPS) is 19.1. The number of ether oxygens (including phenoxy) is 3. The molecule has 50 heavy (non-hydrogen) atoms. The molecule has 11 nitrogen and oxygen atoms in total. The van der Waals surface area contributed by atoms with Gasteiger partial charge in [-0.2, -0.15) is 0 Å². The van der Waals surface area contributed by atoms with Crippen LogP contribution >= 0.6 is 0 Å². The molecule has 260 valence electrons. The molecule has 0 radical (unpaired) electrons. The zero-order chi connectivity index (χ0) is 34.9. The Balaban J connectivity index is 1.06. The number of rotatable bonds is 3. The van der Waals surface area contributed by atoms with Crippen LogP contribution in [0.2, 0.25) is 0 Å². The van der Waals surface area contributed by atoms with E-state index in [1.165, 1.54) is 0 Å². The van der Waals surface area contributed by atoms with Crippen LogP contribution in [0.3, 0.4) is 0 Å². The minimum absolute atomic E-state index is 0.140. The number of amides is 2. The Labute approximate surface area is 291 Å². The molecule has 3 aliphatic heterocycles. The molecule has 0 saturated carbocycles. The highest BCUT2D eigenvalue weighted by Crippen LogP contribution is 2.43. The smallest absolute Gasteiger partial charge is 0.410 e. The predicted molar refractivity (Wildman–Crippen MR) is 191 cm³/mol. The van der Waals surface area contributed by atoms with E-state index in [2.05, 4.69) is 52.4 Å². The Morgan fingerprint density at radius 3 is 2.18 bits per heavy atom. The minimum atomic E-state index is -0.557. The molecule has 0 unspecified atom stereocenters. The number of fused-ring (bicyclic) bond motifs is 6. The molecule has 2 fully saturated rings. The number of aromatic nitrogens is 4. The van der Waals surface area contributed by atoms with E-state index in [1.54, 1.807) is 9.80 Å². The van der Waals surface area contributed by atoms with Gasteiger partial charge in [0.1, 0.15) is 35.2 Å². The maximum absolute atomic E-state index is 13.0. The van der Waals surface area contributed by atoms with E-state index >= 15 is 0 Å². The van der Waals surface area contributed by atoms with E-state index in [-0.39, 0.29) is 24.3 Å². The number of carbonyl (C=O) groups is 2. The zero-order valence-electron chi connectivity index (χ0n) is 29.6. The molecule has 0 bridgehead atoms. The number of carbonyl (C=O) groups excluding carboxylic acids is 2. The Morgan fingerprint density at radius 2 is 1.50 bits per heavy atom. The van der Waals surface area contributed by atoms with Crippen LogP contribution in [0.5, 0.6) is 5.75 Å². The zero-order valence-corrected chi connectivity index (χ0v) is 29.6. The number of nitrogens with one attached hydrogen (secondary N) is 2. The molecule has 3 aliphatic rings. The summed E-state index contributed by atoms with van der Waals surface area (Å²) in [7, 11) is 0. The lowest BCUT2D eigenvalue weighted by atomic mass is 9.92. The molecule has 2 atom stereocenters. The van der Waals surface area contributed by atoms with E-state index in [0.29, 0.717) is 19.7 Å². The van der Waals surface area contributed by atoms with Gasteiger partial charge in [0.05, 0.1) is 35.0 Å². The van der Waals surface area contributed by atoms with Gasteiger partial charge in [0.2, 0.25) is 0 Å². The molecule has 3 aromatic carbocycles. The molecule has 5 aromatic rings. The van der Waals surface area contributed by atoms with Crippen molar-refractivity contribution in [3.8, 4) is 28.1 Å². The summed E-state index contributed by atoms with van der Waals surface area (Å²) in [5, 5.41) is 2.07. The maximum atomic E-state index is 13.0. The monoisotopic (exact) mass is 676 g/mol. The largest absolute Gasteiger partial charge is 0.488 e. The van der Waals surface area contributed by atoms with Crippen LogP contribution in [0.15, 0.2) is 48.7 Å². The van der Waals surface area contributed by atoms with E-state index in [0.717, 1.165) is 92.8 Å². The average Bonchev–Trinajstić information content (AvgIpc) is 3.87. The lowest BCUT2D eigenvalue weighted by Crippen LogP contribution is -2.36. The summed E-state index contributed by atoms with van der Waals surface area (Å²) in [6, 6.07) is 14.6. The predicted octanol–water partition coefficient (Wildman–Crippen LogP) is 8.81. The van der Waals surface area contributed by atoms with Crippen molar-refractivity contribution >= 4 is 34.0 Å². The van der Waals surface area contributed by atoms with E-state index in [4.69, 9.17) is 24.2 Å². The van der Waals surface area contributed by atoms with Gasteiger partial charge in [-0.1, -0.05) is 18.2 Å². The van der Waals surface area contributed by atoms with Gasteiger partial charge < -0.3 is 24.2 Å². The van der Waals surface area contributed by atoms with Crippen molar-refractivity contribution in [2.75, 3.05) is 13.1 Å². The van der Waals surface area contributed by atoms with Gasteiger partial charge in [0.15, 0.2) is 0 Å². The fourth-order valence-electron chi connectivity index (χ4n) is 7.46. The third-order valence-electron chi connectivity index (χ3n) is 9.66. The van der Waals surface area contributed by atoms with Gasteiger partial charge in [-0.15, -0.1) is 0 Å². The molecule has 2 saturated heterocycles. The summed E-state index contributed by atoms with van der Waals surface area (Å²) in [5.41, 5.74) is 5.85. The van der Waals surface area contributed by atoms with Crippen LogP contribution in [-0.2, 0) is 16.1 Å². The molecule has 2 amide bonds. The minimum Gasteiger partial charge on any atom is -0.488 e. The molecule has 2 aromatic heterocycles. The first-order chi connectivity index (χ1) is 23.8. The number of imidazole rings is 2.